The molecule has 18 heavy (non-hydrogen) atoms. The second-order valence-electron chi connectivity index (χ2n) is 5.60. The number of hydrogen-bond acceptors (Lipinski definition) is 0. The van der Waals surface area contributed by atoms with Crippen molar-refractivity contribution in [3.8, 4) is 0 Å². The summed E-state index contributed by atoms with van der Waals surface area (Å²) in [6.07, 6.45) is 15.9. The van der Waals surface area contributed by atoms with Gasteiger partial charge in [-0.05, 0) is 59.8 Å². The summed E-state index contributed by atoms with van der Waals surface area (Å²) in [6.45, 7) is 11.1. The van der Waals surface area contributed by atoms with Gasteiger partial charge < -0.3 is 0 Å². The van der Waals surface area contributed by atoms with Crippen molar-refractivity contribution in [2.45, 2.75) is 79.6 Å². The predicted molar refractivity (Wildman–Crippen MR) is 84.9 cm³/mol. The maximum atomic E-state index is 2.41. The standard InChI is InChI=1S/C18H32/c1-6-7-8-12-17(4)14-10-15-18(5)13-9-11-16(2)3/h11-12,15H,6-10,13-14H2,1-5H3/b17-12+,18-15+. The number of allylic oxidation sites excluding steroid dienone is 6. The van der Waals surface area contributed by atoms with E-state index in [9.17, 15) is 0 Å². The van der Waals surface area contributed by atoms with Crippen LogP contribution in [0.4, 0.5) is 0 Å². The zero-order chi connectivity index (χ0) is 13.8. The van der Waals surface area contributed by atoms with Gasteiger partial charge in [-0.3, -0.25) is 0 Å². The van der Waals surface area contributed by atoms with Crippen LogP contribution in [0.15, 0.2) is 34.9 Å². The molecule has 0 aromatic heterocycles. The predicted octanol–water partition coefficient (Wildman–Crippen LogP) is 6.60. The highest BCUT2D eigenvalue weighted by atomic mass is 14.0. The third kappa shape index (κ3) is 11.7. The van der Waals surface area contributed by atoms with Crippen molar-refractivity contribution in [1.29, 1.82) is 0 Å². The lowest BCUT2D eigenvalue weighted by Crippen LogP contribution is -1.81. The van der Waals surface area contributed by atoms with Gasteiger partial charge in [0, 0.05) is 0 Å². The van der Waals surface area contributed by atoms with E-state index in [4.69, 9.17) is 0 Å². The van der Waals surface area contributed by atoms with Crippen molar-refractivity contribution in [2.24, 2.45) is 0 Å². The molecule has 0 radical (unpaired) electrons. The van der Waals surface area contributed by atoms with Crippen LogP contribution in [0.5, 0.6) is 0 Å². The third-order valence-electron chi connectivity index (χ3n) is 3.17. The fourth-order valence-corrected chi connectivity index (χ4v) is 1.89. The van der Waals surface area contributed by atoms with Gasteiger partial charge >= 0.3 is 0 Å². The van der Waals surface area contributed by atoms with Crippen LogP contribution < -0.4 is 0 Å². The molecule has 0 N–H and O–H groups in total. The van der Waals surface area contributed by atoms with Crippen molar-refractivity contribution < 1.29 is 0 Å². The maximum Gasteiger partial charge on any atom is -0.0288 e. The smallest absolute Gasteiger partial charge is 0.0288 e. The van der Waals surface area contributed by atoms with Crippen molar-refractivity contribution >= 4 is 0 Å². The molecule has 0 spiro atoms. The molecule has 0 nitrogen and oxygen atoms in total. The molecule has 0 aliphatic heterocycles. The molecule has 0 aliphatic carbocycles. The van der Waals surface area contributed by atoms with Gasteiger partial charge in [-0.1, -0.05) is 54.7 Å². The highest BCUT2D eigenvalue weighted by molar-refractivity contribution is 5.05. The summed E-state index contributed by atoms with van der Waals surface area (Å²) in [4.78, 5) is 0. The first-order valence-electron chi connectivity index (χ1n) is 7.50. The Kier molecular flexibility index (Phi) is 10.8. The zero-order valence-corrected chi connectivity index (χ0v) is 13.2. The van der Waals surface area contributed by atoms with Crippen LogP contribution in [0.3, 0.4) is 0 Å². The first kappa shape index (κ1) is 17.2. The second-order valence-corrected chi connectivity index (χ2v) is 5.60. The molecule has 0 amide bonds. The normalized spacial score (nSPS) is 12.7. The molecule has 0 unspecified atom stereocenters. The highest BCUT2D eigenvalue weighted by Crippen LogP contribution is 2.12. The van der Waals surface area contributed by atoms with Crippen molar-refractivity contribution in [3.63, 3.8) is 0 Å². The van der Waals surface area contributed by atoms with Gasteiger partial charge in [-0.2, -0.15) is 0 Å². The second kappa shape index (κ2) is 11.3. The summed E-state index contributed by atoms with van der Waals surface area (Å²) in [5.74, 6) is 0. The van der Waals surface area contributed by atoms with Crippen LogP contribution >= 0.6 is 0 Å². The van der Waals surface area contributed by atoms with Gasteiger partial charge in [-0.15, -0.1) is 0 Å². The van der Waals surface area contributed by atoms with E-state index in [1.54, 1.807) is 5.57 Å². The molecule has 0 aromatic rings. The fraction of sp³-hybridized carbons (Fsp3) is 0.667. The van der Waals surface area contributed by atoms with E-state index >= 15 is 0 Å². The topological polar surface area (TPSA) is 0 Å². The number of rotatable bonds is 9. The molecule has 0 saturated heterocycles. The van der Waals surface area contributed by atoms with E-state index in [1.165, 1.54) is 56.1 Å². The molecule has 0 rings (SSSR count). The fourth-order valence-electron chi connectivity index (χ4n) is 1.89. The lowest BCUT2D eigenvalue weighted by Gasteiger charge is -2.01. The Bertz CT molecular complexity index is 285. The minimum absolute atomic E-state index is 1.19. The maximum absolute atomic E-state index is 2.41. The van der Waals surface area contributed by atoms with Crippen molar-refractivity contribution in [1.82, 2.24) is 0 Å². The van der Waals surface area contributed by atoms with Crippen LogP contribution in [0.25, 0.3) is 0 Å². The number of unbranched alkanes of at least 4 members (excludes halogenated alkanes) is 2. The quantitative estimate of drug-likeness (QED) is 0.319. The Labute approximate surface area is 115 Å². The van der Waals surface area contributed by atoms with Gasteiger partial charge in [0.2, 0.25) is 0 Å². The third-order valence-corrected chi connectivity index (χ3v) is 3.17. The van der Waals surface area contributed by atoms with Crippen LogP contribution in [-0.2, 0) is 0 Å². The molecule has 0 atom stereocenters. The molecule has 0 aromatic carbocycles. The van der Waals surface area contributed by atoms with E-state index in [0.29, 0.717) is 0 Å². The molecular formula is C18H32. The van der Waals surface area contributed by atoms with Crippen LogP contribution in [0, 0.1) is 0 Å². The Morgan fingerprint density at radius 2 is 1.22 bits per heavy atom. The lowest BCUT2D eigenvalue weighted by molar-refractivity contribution is 0.804. The van der Waals surface area contributed by atoms with Crippen molar-refractivity contribution in [2.75, 3.05) is 0 Å². The van der Waals surface area contributed by atoms with Gasteiger partial charge in [0.05, 0.1) is 0 Å². The van der Waals surface area contributed by atoms with E-state index in [2.05, 4.69) is 52.8 Å². The van der Waals surface area contributed by atoms with Gasteiger partial charge in [0.15, 0.2) is 0 Å². The average molecular weight is 248 g/mol. The van der Waals surface area contributed by atoms with Crippen LogP contribution in [0.2, 0.25) is 0 Å². The van der Waals surface area contributed by atoms with Crippen LogP contribution in [0.1, 0.15) is 79.6 Å². The summed E-state index contributed by atoms with van der Waals surface area (Å²) >= 11 is 0. The molecule has 0 heteroatoms. The van der Waals surface area contributed by atoms with E-state index in [1.807, 2.05) is 0 Å². The van der Waals surface area contributed by atoms with E-state index < -0.39 is 0 Å². The summed E-state index contributed by atoms with van der Waals surface area (Å²) in [6, 6.07) is 0. The SMILES string of the molecule is CCCC/C=C(\C)CC/C=C(\C)CCC=C(C)C. The molecule has 0 aliphatic rings. The monoisotopic (exact) mass is 248 g/mol. The summed E-state index contributed by atoms with van der Waals surface area (Å²) in [5, 5.41) is 0. The first-order chi connectivity index (χ1) is 8.56. The molecule has 0 bridgehead atoms. The van der Waals surface area contributed by atoms with Gasteiger partial charge in [0.1, 0.15) is 0 Å². The summed E-state index contributed by atoms with van der Waals surface area (Å²) in [5.41, 5.74) is 4.52. The Balaban J connectivity index is 3.79. The minimum atomic E-state index is 1.19. The molecular weight excluding hydrogens is 216 g/mol. The van der Waals surface area contributed by atoms with Gasteiger partial charge in [-0.25, -0.2) is 0 Å². The Morgan fingerprint density at radius 3 is 1.72 bits per heavy atom. The summed E-state index contributed by atoms with van der Waals surface area (Å²) in [7, 11) is 0. The largest absolute Gasteiger partial charge is 0.0856 e. The zero-order valence-electron chi connectivity index (χ0n) is 13.2. The first-order valence-corrected chi connectivity index (χ1v) is 7.50. The Hall–Kier alpha value is -0.780. The number of hydrogen-bond donors (Lipinski definition) is 0. The highest BCUT2D eigenvalue weighted by Gasteiger charge is 1.91. The van der Waals surface area contributed by atoms with Gasteiger partial charge in [0.25, 0.3) is 0 Å². The average Bonchev–Trinajstić information content (AvgIpc) is 2.29. The lowest BCUT2D eigenvalue weighted by atomic mass is 10.1. The molecule has 0 heterocycles. The van der Waals surface area contributed by atoms with Crippen molar-refractivity contribution in [3.05, 3.63) is 34.9 Å². The molecule has 0 saturated carbocycles. The summed E-state index contributed by atoms with van der Waals surface area (Å²) < 4.78 is 0. The molecule has 0 fully saturated rings. The molecule has 104 valence electrons. The van der Waals surface area contributed by atoms with E-state index in [0.717, 1.165) is 0 Å². The van der Waals surface area contributed by atoms with E-state index in [-0.39, 0.29) is 0 Å². The minimum Gasteiger partial charge on any atom is -0.0856 e. The Morgan fingerprint density at radius 1 is 0.722 bits per heavy atom. The van der Waals surface area contributed by atoms with Crippen LogP contribution in [-0.4, -0.2) is 0 Å².